The Morgan fingerprint density at radius 2 is 2.21 bits per heavy atom. The van der Waals surface area contributed by atoms with E-state index >= 15 is 0 Å². The molecule has 1 atom stereocenters. The molecule has 1 aromatic rings. The number of nitrogens with one attached hydrogen (secondary N) is 1. The molecule has 0 aliphatic rings. The Kier molecular flexibility index (Phi) is 5.63. The number of likely N-dealkylation sites (N-methyl/N-ethyl adjacent to an activating group) is 1. The molecule has 1 rings (SSSR count). The van der Waals surface area contributed by atoms with Crippen molar-refractivity contribution in [2.24, 2.45) is 0 Å². The summed E-state index contributed by atoms with van der Waals surface area (Å²) in [5.41, 5.74) is 2.05. The van der Waals surface area contributed by atoms with E-state index in [1.165, 1.54) is 4.90 Å². The molecule has 0 saturated heterocycles. The molecule has 2 amide bonds. The fourth-order valence-electron chi connectivity index (χ4n) is 1.84. The summed E-state index contributed by atoms with van der Waals surface area (Å²) in [5, 5.41) is 12.0. The Morgan fingerprint density at radius 3 is 2.74 bits per heavy atom. The van der Waals surface area contributed by atoms with Crippen LogP contribution < -0.4 is 10.1 Å². The van der Waals surface area contributed by atoms with Crippen LogP contribution in [0.15, 0.2) is 18.2 Å². The standard InChI is InChI=1S/C14H22N2O3/c1-10-7-12(5-6-13(10)19-4)8-15-14(18)16(3)9-11(2)17/h5-7,11,17H,8-9H2,1-4H3,(H,15,18). The number of aliphatic hydroxyl groups is 1. The molecular formula is C14H22N2O3. The lowest BCUT2D eigenvalue weighted by Gasteiger charge is -2.19. The largest absolute Gasteiger partial charge is 0.496 e. The summed E-state index contributed by atoms with van der Waals surface area (Å²) in [6.45, 7) is 4.38. The van der Waals surface area contributed by atoms with Gasteiger partial charge in [-0.15, -0.1) is 0 Å². The minimum Gasteiger partial charge on any atom is -0.496 e. The van der Waals surface area contributed by atoms with E-state index in [9.17, 15) is 9.90 Å². The second kappa shape index (κ2) is 6.99. The number of hydrogen-bond acceptors (Lipinski definition) is 3. The zero-order valence-corrected chi connectivity index (χ0v) is 11.9. The number of methoxy groups -OCH3 is 1. The zero-order valence-electron chi connectivity index (χ0n) is 11.9. The number of amides is 2. The van der Waals surface area contributed by atoms with Crippen molar-refractivity contribution in [3.05, 3.63) is 29.3 Å². The van der Waals surface area contributed by atoms with E-state index in [0.29, 0.717) is 13.1 Å². The van der Waals surface area contributed by atoms with Gasteiger partial charge in [-0.25, -0.2) is 4.79 Å². The van der Waals surface area contributed by atoms with Gasteiger partial charge in [0, 0.05) is 20.1 Å². The monoisotopic (exact) mass is 266 g/mol. The second-order valence-corrected chi connectivity index (χ2v) is 4.69. The summed E-state index contributed by atoms with van der Waals surface area (Å²) >= 11 is 0. The van der Waals surface area contributed by atoms with Gasteiger partial charge in [-0.3, -0.25) is 0 Å². The lowest BCUT2D eigenvalue weighted by molar-refractivity contribution is 0.143. The summed E-state index contributed by atoms with van der Waals surface area (Å²) < 4.78 is 5.18. The second-order valence-electron chi connectivity index (χ2n) is 4.69. The number of carbonyl (C=O) groups is 1. The number of rotatable bonds is 5. The number of ether oxygens (including phenoxy) is 1. The fraction of sp³-hybridized carbons (Fsp3) is 0.500. The highest BCUT2D eigenvalue weighted by Gasteiger charge is 2.10. The first-order chi connectivity index (χ1) is 8.93. The summed E-state index contributed by atoms with van der Waals surface area (Å²) in [6.07, 6.45) is -0.529. The van der Waals surface area contributed by atoms with E-state index < -0.39 is 6.10 Å². The molecule has 0 aliphatic heterocycles. The van der Waals surface area contributed by atoms with Gasteiger partial charge in [-0.05, 0) is 31.0 Å². The van der Waals surface area contributed by atoms with Crippen LogP contribution >= 0.6 is 0 Å². The van der Waals surface area contributed by atoms with Crippen LogP contribution in [0.4, 0.5) is 4.79 Å². The summed E-state index contributed by atoms with van der Waals surface area (Å²) in [4.78, 5) is 13.2. The van der Waals surface area contributed by atoms with E-state index in [-0.39, 0.29) is 6.03 Å². The van der Waals surface area contributed by atoms with E-state index in [4.69, 9.17) is 4.74 Å². The van der Waals surface area contributed by atoms with Crippen molar-refractivity contribution in [1.82, 2.24) is 10.2 Å². The highest BCUT2D eigenvalue weighted by Crippen LogP contribution is 2.18. The minimum atomic E-state index is -0.529. The van der Waals surface area contributed by atoms with Crippen LogP contribution in [0.25, 0.3) is 0 Å². The van der Waals surface area contributed by atoms with Gasteiger partial charge in [-0.1, -0.05) is 12.1 Å². The van der Waals surface area contributed by atoms with Gasteiger partial charge in [0.25, 0.3) is 0 Å². The number of carbonyl (C=O) groups excluding carboxylic acids is 1. The van der Waals surface area contributed by atoms with Gasteiger partial charge < -0.3 is 20.1 Å². The topological polar surface area (TPSA) is 61.8 Å². The molecule has 19 heavy (non-hydrogen) atoms. The smallest absolute Gasteiger partial charge is 0.317 e. The van der Waals surface area contributed by atoms with Crippen molar-refractivity contribution >= 4 is 6.03 Å². The van der Waals surface area contributed by atoms with Crippen LogP contribution in [-0.4, -0.2) is 42.8 Å². The maximum absolute atomic E-state index is 11.7. The normalized spacial score (nSPS) is 11.8. The SMILES string of the molecule is COc1ccc(CNC(=O)N(C)CC(C)O)cc1C. The molecule has 0 saturated carbocycles. The number of aryl methyl sites for hydroxylation is 1. The fourth-order valence-corrected chi connectivity index (χ4v) is 1.84. The lowest BCUT2D eigenvalue weighted by Crippen LogP contribution is -2.40. The van der Waals surface area contributed by atoms with Crippen molar-refractivity contribution < 1.29 is 14.6 Å². The first kappa shape index (κ1) is 15.3. The number of hydrogen-bond donors (Lipinski definition) is 2. The van der Waals surface area contributed by atoms with Crippen LogP contribution in [0.2, 0.25) is 0 Å². The molecule has 0 heterocycles. The van der Waals surface area contributed by atoms with Crippen LogP contribution in [0.5, 0.6) is 5.75 Å². The predicted molar refractivity (Wildman–Crippen MR) is 74.3 cm³/mol. The Hall–Kier alpha value is -1.75. The third-order valence-electron chi connectivity index (χ3n) is 2.79. The molecule has 0 spiro atoms. The lowest BCUT2D eigenvalue weighted by atomic mass is 10.1. The average Bonchev–Trinajstić information content (AvgIpc) is 2.35. The Morgan fingerprint density at radius 1 is 1.53 bits per heavy atom. The first-order valence-corrected chi connectivity index (χ1v) is 6.24. The highest BCUT2D eigenvalue weighted by atomic mass is 16.5. The average molecular weight is 266 g/mol. The molecule has 5 heteroatoms. The quantitative estimate of drug-likeness (QED) is 0.849. The van der Waals surface area contributed by atoms with Crippen molar-refractivity contribution in [2.75, 3.05) is 20.7 Å². The van der Waals surface area contributed by atoms with Crippen molar-refractivity contribution in [3.63, 3.8) is 0 Å². The molecule has 0 bridgehead atoms. The van der Waals surface area contributed by atoms with Crippen molar-refractivity contribution in [3.8, 4) is 5.75 Å². The van der Waals surface area contributed by atoms with Crippen LogP contribution in [0.3, 0.4) is 0 Å². The third kappa shape index (κ3) is 4.79. The molecule has 0 radical (unpaired) electrons. The number of nitrogens with zero attached hydrogens (tertiary/aromatic N) is 1. The molecule has 0 aliphatic carbocycles. The third-order valence-corrected chi connectivity index (χ3v) is 2.79. The van der Waals surface area contributed by atoms with Gasteiger partial charge in [0.15, 0.2) is 0 Å². The molecule has 106 valence electrons. The van der Waals surface area contributed by atoms with E-state index in [2.05, 4.69) is 5.32 Å². The summed E-state index contributed by atoms with van der Waals surface area (Å²) in [6, 6.07) is 5.58. The molecule has 0 fully saturated rings. The van der Waals surface area contributed by atoms with Gasteiger partial charge in [0.2, 0.25) is 0 Å². The molecule has 1 aromatic carbocycles. The van der Waals surface area contributed by atoms with E-state index in [1.807, 2.05) is 25.1 Å². The highest BCUT2D eigenvalue weighted by molar-refractivity contribution is 5.73. The Balaban J connectivity index is 2.52. The Labute approximate surface area is 114 Å². The molecule has 0 aromatic heterocycles. The van der Waals surface area contributed by atoms with E-state index in [1.54, 1.807) is 21.1 Å². The number of benzene rings is 1. The Bertz CT molecular complexity index is 433. The maximum Gasteiger partial charge on any atom is 0.317 e. The maximum atomic E-state index is 11.7. The van der Waals surface area contributed by atoms with Gasteiger partial charge in [0.1, 0.15) is 5.75 Å². The minimum absolute atomic E-state index is 0.200. The van der Waals surface area contributed by atoms with Crippen molar-refractivity contribution in [2.45, 2.75) is 26.5 Å². The summed E-state index contributed by atoms with van der Waals surface area (Å²) in [7, 11) is 3.29. The molecule has 1 unspecified atom stereocenters. The van der Waals surface area contributed by atoms with Gasteiger partial charge >= 0.3 is 6.03 Å². The van der Waals surface area contributed by atoms with E-state index in [0.717, 1.165) is 16.9 Å². The molecular weight excluding hydrogens is 244 g/mol. The van der Waals surface area contributed by atoms with Gasteiger partial charge in [-0.2, -0.15) is 0 Å². The first-order valence-electron chi connectivity index (χ1n) is 6.24. The predicted octanol–water partition coefficient (Wildman–Crippen LogP) is 1.53. The van der Waals surface area contributed by atoms with Crippen molar-refractivity contribution in [1.29, 1.82) is 0 Å². The number of aliphatic hydroxyl groups excluding tert-OH is 1. The van der Waals surface area contributed by atoms with Crippen LogP contribution in [-0.2, 0) is 6.54 Å². The number of urea groups is 1. The van der Waals surface area contributed by atoms with Crippen LogP contribution in [0.1, 0.15) is 18.1 Å². The zero-order chi connectivity index (χ0) is 14.4. The molecule has 2 N–H and O–H groups in total. The van der Waals surface area contributed by atoms with Gasteiger partial charge in [0.05, 0.1) is 13.2 Å². The van der Waals surface area contributed by atoms with Crippen LogP contribution in [0, 0.1) is 6.92 Å². The summed E-state index contributed by atoms with van der Waals surface area (Å²) in [5.74, 6) is 0.835. The molecule has 5 nitrogen and oxygen atoms in total.